The Kier molecular flexibility index (Phi) is 3.68. The smallest absolute Gasteiger partial charge is 0.161 e. The van der Waals surface area contributed by atoms with Crippen LogP contribution in [0.5, 0.6) is 11.5 Å². The highest BCUT2D eigenvalue weighted by Crippen LogP contribution is 2.38. The van der Waals surface area contributed by atoms with Crippen LogP contribution in [0.15, 0.2) is 30.3 Å². The molecule has 0 bridgehead atoms. The summed E-state index contributed by atoms with van der Waals surface area (Å²) in [5, 5.41) is 10.6. The summed E-state index contributed by atoms with van der Waals surface area (Å²) >= 11 is 1.66. The summed E-state index contributed by atoms with van der Waals surface area (Å²) < 4.78 is 11.1. The van der Waals surface area contributed by atoms with Gasteiger partial charge >= 0.3 is 0 Å². The fourth-order valence-corrected chi connectivity index (χ4v) is 3.38. The van der Waals surface area contributed by atoms with Crippen molar-refractivity contribution in [1.82, 2.24) is 0 Å². The zero-order valence-electron chi connectivity index (χ0n) is 12.6. The minimum atomic E-state index is -0.623. The van der Waals surface area contributed by atoms with Crippen molar-refractivity contribution in [3.63, 3.8) is 0 Å². The first-order valence-corrected chi connectivity index (χ1v) is 7.94. The van der Waals surface area contributed by atoms with Gasteiger partial charge in [0.25, 0.3) is 0 Å². The molecule has 0 fully saturated rings. The van der Waals surface area contributed by atoms with Crippen LogP contribution in [-0.2, 0) is 5.41 Å². The molecule has 0 saturated heterocycles. The second kappa shape index (κ2) is 5.35. The number of aliphatic hydroxyl groups excluding tert-OH is 1. The van der Waals surface area contributed by atoms with Crippen LogP contribution < -0.4 is 9.47 Å². The molecule has 2 heterocycles. The standard InChI is InChI=1S/C17H20O3S/c1-17(2,3)15-7-6-14(21-15)16(18)11-4-5-12-13(10-11)20-9-8-19-12/h4-7,10,16,18H,8-9H2,1-3H3. The summed E-state index contributed by atoms with van der Waals surface area (Å²) in [7, 11) is 0. The molecule has 1 aromatic carbocycles. The molecular formula is C17H20O3S. The molecule has 3 rings (SSSR count). The van der Waals surface area contributed by atoms with E-state index in [1.807, 2.05) is 24.3 Å². The van der Waals surface area contributed by atoms with E-state index in [1.165, 1.54) is 4.88 Å². The van der Waals surface area contributed by atoms with Crippen LogP contribution in [0.4, 0.5) is 0 Å². The lowest BCUT2D eigenvalue weighted by Crippen LogP contribution is -2.15. The number of hydrogen-bond donors (Lipinski definition) is 1. The summed E-state index contributed by atoms with van der Waals surface area (Å²) in [6.07, 6.45) is -0.623. The van der Waals surface area contributed by atoms with Crippen LogP contribution in [0, 0.1) is 0 Å². The molecule has 1 atom stereocenters. The number of benzene rings is 1. The minimum absolute atomic E-state index is 0.107. The molecule has 0 spiro atoms. The zero-order chi connectivity index (χ0) is 15.0. The second-order valence-corrected chi connectivity index (χ2v) is 7.37. The van der Waals surface area contributed by atoms with Crippen molar-refractivity contribution < 1.29 is 14.6 Å². The van der Waals surface area contributed by atoms with Gasteiger partial charge < -0.3 is 14.6 Å². The predicted octanol–water partition coefficient (Wildman–Crippen LogP) is 3.90. The summed E-state index contributed by atoms with van der Waals surface area (Å²) in [6, 6.07) is 9.74. The molecule has 2 aromatic rings. The first-order chi connectivity index (χ1) is 9.95. The van der Waals surface area contributed by atoms with E-state index in [1.54, 1.807) is 11.3 Å². The van der Waals surface area contributed by atoms with Crippen LogP contribution >= 0.6 is 11.3 Å². The van der Waals surface area contributed by atoms with E-state index in [0.717, 1.165) is 16.2 Å². The molecule has 1 aliphatic heterocycles. The van der Waals surface area contributed by atoms with Crippen molar-refractivity contribution >= 4 is 11.3 Å². The number of hydrogen-bond acceptors (Lipinski definition) is 4. The van der Waals surface area contributed by atoms with Crippen molar-refractivity contribution in [3.8, 4) is 11.5 Å². The van der Waals surface area contributed by atoms with E-state index in [4.69, 9.17) is 9.47 Å². The van der Waals surface area contributed by atoms with Crippen LogP contribution in [0.25, 0.3) is 0 Å². The molecule has 0 radical (unpaired) electrons. The third-order valence-corrected chi connectivity index (χ3v) is 5.08. The summed E-state index contributed by atoms with van der Waals surface area (Å²) in [6.45, 7) is 7.67. The summed E-state index contributed by atoms with van der Waals surface area (Å²) in [4.78, 5) is 2.23. The van der Waals surface area contributed by atoms with E-state index in [2.05, 4.69) is 26.8 Å². The maximum atomic E-state index is 10.6. The highest BCUT2D eigenvalue weighted by molar-refractivity contribution is 7.12. The molecule has 4 heteroatoms. The van der Waals surface area contributed by atoms with Gasteiger partial charge in [-0.2, -0.15) is 0 Å². The van der Waals surface area contributed by atoms with Gasteiger partial charge in [-0.15, -0.1) is 11.3 Å². The number of rotatable bonds is 2. The molecule has 1 N–H and O–H groups in total. The number of aliphatic hydroxyl groups is 1. The molecule has 21 heavy (non-hydrogen) atoms. The molecule has 0 saturated carbocycles. The normalized spacial score (nSPS) is 15.8. The van der Waals surface area contributed by atoms with E-state index in [9.17, 15) is 5.11 Å². The van der Waals surface area contributed by atoms with Crippen molar-refractivity contribution in [3.05, 3.63) is 45.6 Å². The molecule has 1 unspecified atom stereocenters. The van der Waals surface area contributed by atoms with Gasteiger partial charge in [-0.3, -0.25) is 0 Å². The van der Waals surface area contributed by atoms with Gasteiger partial charge in [0.2, 0.25) is 0 Å². The monoisotopic (exact) mass is 304 g/mol. The third kappa shape index (κ3) is 2.92. The van der Waals surface area contributed by atoms with Crippen molar-refractivity contribution in [2.24, 2.45) is 0 Å². The quantitative estimate of drug-likeness (QED) is 0.914. The van der Waals surface area contributed by atoms with Gasteiger partial charge in [0, 0.05) is 9.75 Å². The van der Waals surface area contributed by atoms with Gasteiger partial charge in [-0.1, -0.05) is 26.8 Å². The maximum Gasteiger partial charge on any atom is 0.161 e. The Bertz CT molecular complexity index is 640. The van der Waals surface area contributed by atoms with Crippen LogP contribution in [-0.4, -0.2) is 18.3 Å². The molecule has 0 aliphatic carbocycles. The zero-order valence-corrected chi connectivity index (χ0v) is 13.4. The van der Waals surface area contributed by atoms with Gasteiger partial charge in [0.05, 0.1) is 0 Å². The van der Waals surface area contributed by atoms with E-state index in [0.29, 0.717) is 19.0 Å². The average Bonchev–Trinajstić information content (AvgIpc) is 2.96. The Morgan fingerprint density at radius 3 is 2.43 bits per heavy atom. The molecule has 3 nitrogen and oxygen atoms in total. The Labute approximate surface area is 129 Å². The second-order valence-electron chi connectivity index (χ2n) is 6.26. The Morgan fingerprint density at radius 2 is 1.76 bits per heavy atom. The summed E-state index contributed by atoms with van der Waals surface area (Å²) in [5.41, 5.74) is 0.941. The summed E-state index contributed by atoms with van der Waals surface area (Å²) in [5.74, 6) is 1.46. The van der Waals surface area contributed by atoms with E-state index >= 15 is 0 Å². The largest absolute Gasteiger partial charge is 0.486 e. The number of ether oxygens (including phenoxy) is 2. The Hall–Kier alpha value is -1.52. The Balaban J connectivity index is 1.88. The number of thiophene rings is 1. The van der Waals surface area contributed by atoms with Crippen LogP contribution in [0.3, 0.4) is 0 Å². The third-order valence-electron chi connectivity index (χ3n) is 3.52. The van der Waals surface area contributed by atoms with Crippen molar-refractivity contribution in [2.45, 2.75) is 32.3 Å². The molecule has 1 aliphatic rings. The first-order valence-electron chi connectivity index (χ1n) is 7.13. The van der Waals surface area contributed by atoms with Gasteiger partial charge in [0.1, 0.15) is 19.3 Å². The molecule has 0 amide bonds. The SMILES string of the molecule is CC(C)(C)c1ccc(C(O)c2ccc3c(c2)OCCO3)s1. The predicted molar refractivity (Wildman–Crippen MR) is 84.5 cm³/mol. The number of fused-ring (bicyclic) bond motifs is 1. The average molecular weight is 304 g/mol. The lowest BCUT2D eigenvalue weighted by atomic mass is 9.95. The fraction of sp³-hybridized carbons (Fsp3) is 0.412. The fourth-order valence-electron chi connectivity index (χ4n) is 2.30. The first kappa shape index (κ1) is 14.4. The van der Waals surface area contributed by atoms with Gasteiger partial charge in [-0.25, -0.2) is 0 Å². The van der Waals surface area contributed by atoms with Crippen LogP contribution in [0.2, 0.25) is 0 Å². The van der Waals surface area contributed by atoms with Gasteiger partial charge in [0.15, 0.2) is 11.5 Å². The Morgan fingerprint density at radius 1 is 1.05 bits per heavy atom. The molecule has 112 valence electrons. The lowest BCUT2D eigenvalue weighted by molar-refractivity contribution is 0.170. The van der Waals surface area contributed by atoms with Gasteiger partial charge in [-0.05, 0) is 35.2 Å². The molecular weight excluding hydrogens is 284 g/mol. The lowest BCUT2D eigenvalue weighted by Gasteiger charge is -2.20. The minimum Gasteiger partial charge on any atom is -0.486 e. The highest BCUT2D eigenvalue weighted by Gasteiger charge is 2.21. The van der Waals surface area contributed by atoms with Crippen molar-refractivity contribution in [2.75, 3.05) is 13.2 Å². The maximum absolute atomic E-state index is 10.6. The van der Waals surface area contributed by atoms with Crippen molar-refractivity contribution in [1.29, 1.82) is 0 Å². The van der Waals surface area contributed by atoms with Crippen LogP contribution in [0.1, 0.15) is 42.2 Å². The molecule has 1 aromatic heterocycles. The van der Waals surface area contributed by atoms with E-state index < -0.39 is 6.10 Å². The highest BCUT2D eigenvalue weighted by atomic mass is 32.1. The topological polar surface area (TPSA) is 38.7 Å². The van der Waals surface area contributed by atoms with E-state index in [-0.39, 0.29) is 5.41 Å².